The minimum Gasteiger partial charge on any atom is -0.352 e. The Kier molecular flexibility index (Phi) is 4.30. The summed E-state index contributed by atoms with van der Waals surface area (Å²) < 4.78 is 0. The van der Waals surface area contributed by atoms with Crippen molar-refractivity contribution >= 4 is 11.7 Å². The maximum absolute atomic E-state index is 12.2. The summed E-state index contributed by atoms with van der Waals surface area (Å²) in [5.74, 6) is 2.11. The molecule has 3 rings (SSSR count). The molecule has 5 nitrogen and oxygen atoms in total. The van der Waals surface area contributed by atoms with E-state index in [1.54, 1.807) is 6.92 Å². The van der Waals surface area contributed by atoms with Gasteiger partial charge in [0.2, 0.25) is 5.91 Å². The van der Waals surface area contributed by atoms with Gasteiger partial charge in [-0.05, 0) is 33.6 Å². The fraction of sp³-hybridized carbons (Fsp3) is 0.722. The van der Waals surface area contributed by atoms with E-state index < -0.39 is 0 Å². The summed E-state index contributed by atoms with van der Waals surface area (Å²) >= 11 is 0. The van der Waals surface area contributed by atoms with Crippen molar-refractivity contribution < 1.29 is 4.79 Å². The van der Waals surface area contributed by atoms with Gasteiger partial charge in [0.05, 0.1) is 5.54 Å². The van der Waals surface area contributed by atoms with Crippen LogP contribution in [-0.4, -0.2) is 45.9 Å². The SMILES string of the molecule is CC(=O)N1CCN(c2nc(C)nc(C)c2C)CC12CCCCC2. The van der Waals surface area contributed by atoms with Crippen molar-refractivity contribution in [2.24, 2.45) is 0 Å². The number of aromatic nitrogens is 2. The lowest BCUT2D eigenvalue weighted by Crippen LogP contribution is -2.64. The van der Waals surface area contributed by atoms with Crippen molar-refractivity contribution in [1.29, 1.82) is 0 Å². The zero-order chi connectivity index (χ0) is 16.6. The van der Waals surface area contributed by atoms with Gasteiger partial charge in [-0.15, -0.1) is 0 Å². The Morgan fingerprint density at radius 3 is 2.39 bits per heavy atom. The molecule has 1 aromatic rings. The number of hydrogen-bond acceptors (Lipinski definition) is 4. The molecule has 0 aromatic carbocycles. The van der Waals surface area contributed by atoms with Crippen molar-refractivity contribution in [3.63, 3.8) is 0 Å². The first-order valence-electron chi connectivity index (χ1n) is 8.78. The van der Waals surface area contributed by atoms with E-state index in [0.717, 1.165) is 55.4 Å². The van der Waals surface area contributed by atoms with E-state index >= 15 is 0 Å². The van der Waals surface area contributed by atoms with Gasteiger partial charge in [-0.1, -0.05) is 19.3 Å². The fourth-order valence-electron chi connectivity index (χ4n) is 4.35. The smallest absolute Gasteiger partial charge is 0.220 e. The molecule has 0 atom stereocenters. The Bertz CT molecular complexity index is 607. The van der Waals surface area contributed by atoms with Crippen molar-refractivity contribution in [1.82, 2.24) is 14.9 Å². The third-order valence-electron chi connectivity index (χ3n) is 5.59. The van der Waals surface area contributed by atoms with Crippen LogP contribution in [0.3, 0.4) is 0 Å². The second-order valence-corrected chi connectivity index (χ2v) is 7.18. The van der Waals surface area contributed by atoms with Gasteiger partial charge < -0.3 is 9.80 Å². The van der Waals surface area contributed by atoms with Crippen molar-refractivity contribution in [3.05, 3.63) is 17.1 Å². The highest BCUT2D eigenvalue weighted by atomic mass is 16.2. The molecule has 2 heterocycles. The average Bonchev–Trinajstić information content (AvgIpc) is 2.51. The Hall–Kier alpha value is -1.65. The molecule has 0 radical (unpaired) electrons. The van der Waals surface area contributed by atoms with Crippen molar-refractivity contribution in [2.75, 3.05) is 24.5 Å². The van der Waals surface area contributed by atoms with Crippen LogP contribution in [0.25, 0.3) is 0 Å². The molecule has 1 saturated carbocycles. The number of aryl methyl sites for hydroxylation is 2. The van der Waals surface area contributed by atoms with Crippen LogP contribution in [0.4, 0.5) is 5.82 Å². The predicted molar refractivity (Wildman–Crippen MR) is 91.7 cm³/mol. The first kappa shape index (κ1) is 16.2. The van der Waals surface area contributed by atoms with Gasteiger partial charge in [0, 0.05) is 37.8 Å². The van der Waals surface area contributed by atoms with Crippen LogP contribution in [-0.2, 0) is 4.79 Å². The summed E-state index contributed by atoms with van der Waals surface area (Å²) in [5.41, 5.74) is 2.22. The Labute approximate surface area is 139 Å². The molecule has 1 aliphatic heterocycles. The third kappa shape index (κ3) is 2.93. The van der Waals surface area contributed by atoms with Crippen molar-refractivity contribution in [3.8, 4) is 0 Å². The van der Waals surface area contributed by atoms with Crippen LogP contribution in [0, 0.1) is 20.8 Å². The van der Waals surface area contributed by atoms with E-state index in [1.807, 2.05) is 6.92 Å². The van der Waals surface area contributed by atoms with Gasteiger partial charge in [0.25, 0.3) is 0 Å². The molecule has 1 aliphatic carbocycles. The number of hydrogen-bond donors (Lipinski definition) is 0. The van der Waals surface area contributed by atoms with Gasteiger partial charge in [-0.25, -0.2) is 9.97 Å². The molecule has 2 aliphatic rings. The van der Waals surface area contributed by atoms with Gasteiger partial charge in [0.15, 0.2) is 0 Å². The van der Waals surface area contributed by atoms with E-state index in [-0.39, 0.29) is 11.4 Å². The maximum Gasteiger partial charge on any atom is 0.220 e. The second kappa shape index (κ2) is 6.10. The highest BCUT2D eigenvalue weighted by Crippen LogP contribution is 2.38. The van der Waals surface area contributed by atoms with Gasteiger partial charge in [0.1, 0.15) is 11.6 Å². The van der Waals surface area contributed by atoms with E-state index in [9.17, 15) is 4.79 Å². The zero-order valence-corrected chi connectivity index (χ0v) is 14.9. The molecule has 126 valence electrons. The largest absolute Gasteiger partial charge is 0.352 e. The molecule has 2 fully saturated rings. The average molecular weight is 316 g/mol. The van der Waals surface area contributed by atoms with Gasteiger partial charge >= 0.3 is 0 Å². The van der Waals surface area contributed by atoms with Gasteiger partial charge in [-0.2, -0.15) is 0 Å². The van der Waals surface area contributed by atoms with E-state index in [2.05, 4.69) is 28.6 Å². The van der Waals surface area contributed by atoms with E-state index in [0.29, 0.717) is 0 Å². The molecule has 1 amide bonds. The van der Waals surface area contributed by atoms with Crippen LogP contribution in [0.1, 0.15) is 56.1 Å². The van der Waals surface area contributed by atoms with Crippen LogP contribution in [0.2, 0.25) is 0 Å². The first-order valence-corrected chi connectivity index (χ1v) is 8.78. The molecule has 0 bridgehead atoms. The summed E-state index contributed by atoms with van der Waals surface area (Å²) in [5, 5.41) is 0. The number of rotatable bonds is 1. The second-order valence-electron chi connectivity index (χ2n) is 7.18. The monoisotopic (exact) mass is 316 g/mol. The highest BCUT2D eigenvalue weighted by molar-refractivity contribution is 5.75. The quantitative estimate of drug-likeness (QED) is 0.799. The number of carbonyl (C=O) groups excluding carboxylic acids is 1. The molecule has 23 heavy (non-hydrogen) atoms. The van der Waals surface area contributed by atoms with E-state index in [4.69, 9.17) is 4.98 Å². The van der Waals surface area contributed by atoms with Crippen LogP contribution < -0.4 is 4.90 Å². The lowest BCUT2D eigenvalue weighted by atomic mass is 9.78. The molecule has 1 aromatic heterocycles. The molecular formula is C18H28N4O. The Morgan fingerprint density at radius 1 is 1.04 bits per heavy atom. The lowest BCUT2D eigenvalue weighted by molar-refractivity contribution is -0.137. The summed E-state index contributed by atoms with van der Waals surface area (Å²) in [7, 11) is 0. The normalized spacial score (nSPS) is 20.9. The third-order valence-corrected chi connectivity index (χ3v) is 5.59. The molecule has 5 heteroatoms. The van der Waals surface area contributed by atoms with E-state index in [1.165, 1.54) is 19.3 Å². The zero-order valence-electron chi connectivity index (χ0n) is 14.9. The fourth-order valence-corrected chi connectivity index (χ4v) is 4.35. The van der Waals surface area contributed by atoms with Crippen LogP contribution in [0.15, 0.2) is 0 Å². The van der Waals surface area contributed by atoms with Crippen molar-refractivity contribution in [2.45, 2.75) is 65.3 Å². The highest BCUT2D eigenvalue weighted by Gasteiger charge is 2.44. The number of amides is 1. The lowest BCUT2D eigenvalue weighted by Gasteiger charge is -2.53. The maximum atomic E-state index is 12.2. The van der Waals surface area contributed by atoms with Crippen LogP contribution >= 0.6 is 0 Å². The number of piperazine rings is 1. The number of anilines is 1. The molecule has 0 unspecified atom stereocenters. The molecular weight excluding hydrogens is 288 g/mol. The predicted octanol–water partition coefficient (Wildman–Crippen LogP) is 2.77. The standard InChI is InChI=1S/C18H28N4O/c1-13-14(2)19-15(3)20-17(13)21-10-11-22(16(4)23)18(12-21)8-6-5-7-9-18/h5-12H2,1-4H3. The number of nitrogens with zero attached hydrogens (tertiary/aromatic N) is 4. The number of carbonyl (C=O) groups is 1. The minimum atomic E-state index is 0.00152. The summed E-state index contributed by atoms with van der Waals surface area (Å²) in [6, 6.07) is 0. The summed E-state index contributed by atoms with van der Waals surface area (Å²) in [6.45, 7) is 10.4. The first-order chi connectivity index (χ1) is 10.9. The van der Waals surface area contributed by atoms with Crippen LogP contribution in [0.5, 0.6) is 0 Å². The Balaban J connectivity index is 1.93. The van der Waals surface area contributed by atoms with Gasteiger partial charge in [-0.3, -0.25) is 4.79 Å². The summed E-state index contributed by atoms with van der Waals surface area (Å²) in [6.07, 6.45) is 5.96. The minimum absolute atomic E-state index is 0.00152. The summed E-state index contributed by atoms with van der Waals surface area (Å²) in [4.78, 5) is 25.9. The molecule has 0 N–H and O–H groups in total. The molecule has 1 saturated heterocycles. The topological polar surface area (TPSA) is 49.3 Å². The Morgan fingerprint density at radius 2 is 1.74 bits per heavy atom. The molecule has 1 spiro atoms.